The molecule has 0 aliphatic carbocycles. The quantitative estimate of drug-likeness (QED) is 0.635. The van der Waals surface area contributed by atoms with Crippen LogP contribution < -0.4 is 15.4 Å². The van der Waals surface area contributed by atoms with Crippen molar-refractivity contribution < 1.29 is 23.8 Å². The van der Waals surface area contributed by atoms with E-state index in [0.717, 1.165) is 0 Å². The monoisotopic (exact) mass is 419 g/mol. The number of aryl methyl sites for hydroxylation is 1. The molecule has 0 bridgehead atoms. The summed E-state index contributed by atoms with van der Waals surface area (Å²) in [4.78, 5) is 28.4. The number of carbonyl (C=O) groups is 2. The molecular formula is C20H22ClN3O5. The summed E-state index contributed by atoms with van der Waals surface area (Å²) in [5.74, 6) is 0.254. The van der Waals surface area contributed by atoms with Gasteiger partial charge in [0.05, 0.1) is 12.3 Å². The molecular weight excluding hydrogens is 398 g/mol. The summed E-state index contributed by atoms with van der Waals surface area (Å²) in [7, 11) is 0. The number of aromatic nitrogens is 1. The Morgan fingerprint density at radius 3 is 2.93 bits per heavy atom. The van der Waals surface area contributed by atoms with Crippen molar-refractivity contribution in [3.05, 3.63) is 58.9 Å². The minimum Gasteiger partial charge on any atom is -0.480 e. The predicted octanol–water partition coefficient (Wildman–Crippen LogP) is 2.52. The van der Waals surface area contributed by atoms with Gasteiger partial charge >= 0.3 is 0 Å². The van der Waals surface area contributed by atoms with Crippen molar-refractivity contribution in [2.75, 3.05) is 6.54 Å². The van der Waals surface area contributed by atoms with Crippen LogP contribution in [0.5, 0.6) is 5.75 Å². The van der Waals surface area contributed by atoms with Crippen LogP contribution in [0.2, 0.25) is 5.02 Å². The fourth-order valence-corrected chi connectivity index (χ4v) is 3.07. The first-order valence-corrected chi connectivity index (χ1v) is 9.61. The van der Waals surface area contributed by atoms with Crippen molar-refractivity contribution >= 4 is 23.4 Å². The Labute approximate surface area is 172 Å². The van der Waals surface area contributed by atoms with Crippen molar-refractivity contribution in [2.24, 2.45) is 0 Å². The van der Waals surface area contributed by atoms with E-state index in [-0.39, 0.29) is 24.6 Å². The molecule has 9 heteroatoms. The number of nitrogens with one attached hydrogen (secondary N) is 2. The highest BCUT2D eigenvalue weighted by molar-refractivity contribution is 6.30. The van der Waals surface area contributed by atoms with Crippen LogP contribution in [0.3, 0.4) is 0 Å². The maximum absolute atomic E-state index is 12.4. The van der Waals surface area contributed by atoms with E-state index >= 15 is 0 Å². The molecule has 0 saturated heterocycles. The molecule has 0 radical (unpaired) electrons. The van der Waals surface area contributed by atoms with Crippen molar-refractivity contribution in [1.29, 1.82) is 0 Å². The van der Waals surface area contributed by atoms with Gasteiger partial charge in [0, 0.05) is 42.1 Å². The van der Waals surface area contributed by atoms with Gasteiger partial charge in [0.15, 0.2) is 12.0 Å². The molecule has 29 heavy (non-hydrogen) atoms. The second kappa shape index (κ2) is 9.11. The third-order valence-corrected chi connectivity index (χ3v) is 4.66. The first-order chi connectivity index (χ1) is 13.9. The number of aliphatic hydroxyl groups excluding tert-OH is 1. The van der Waals surface area contributed by atoms with Gasteiger partial charge in [0.2, 0.25) is 5.76 Å². The largest absolute Gasteiger partial charge is 0.480 e. The molecule has 0 saturated carbocycles. The molecule has 3 N–H and O–H groups in total. The van der Waals surface area contributed by atoms with Crippen LogP contribution in [0.25, 0.3) is 0 Å². The Morgan fingerprint density at radius 2 is 2.21 bits per heavy atom. The molecule has 0 fully saturated rings. The second-order valence-corrected chi connectivity index (χ2v) is 7.05. The molecule has 0 spiro atoms. The smallest absolute Gasteiger partial charge is 0.288 e. The zero-order valence-corrected chi connectivity index (χ0v) is 16.7. The van der Waals surface area contributed by atoms with Crippen LogP contribution >= 0.6 is 11.6 Å². The average molecular weight is 420 g/mol. The summed E-state index contributed by atoms with van der Waals surface area (Å²) in [5, 5.41) is 16.1. The summed E-state index contributed by atoms with van der Waals surface area (Å²) >= 11 is 5.93. The fourth-order valence-electron chi connectivity index (χ4n) is 2.89. The number of aliphatic hydroxyl groups is 1. The summed E-state index contributed by atoms with van der Waals surface area (Å²) in [6.45, 7) is 5.93. The zero-order chi connectivity index (χ0) is 21.0. The van der Waals surface area contributed by atoms with Crippen LogP contribution in [0, 0.1) is 0 Å². The third kappa shape index (κ3) is 5.16. The van der Waals surface area contributed by atoms with E-state index in [2.05, 4.69) is 22.2 Å². The Kier molecular flexibility index (Phi) is 6.56. The summed E-state index contributed by atoms with van der Waals surface area (Å²) in [6.07, 6.45) is 0.706. The zero-order valence-electron chi connectivity index (χ0n) is 15.9. The molecule has 1 aromatic carbocycles. The first kappa shape index (κ1) is 20.9. The van der Waals surface area contributed by atoms with Gasteiger partial charge in [-0.1, -0.05) is 25.1 Å². The number of nitrogens with zero attached hydrogens (tertiary/aromatic N) is 1. The minimum atomic E-state index is -0.855. The van der Waals surface area contributed by atoms with E-state index in [4.69, 9.17) is 20.8 Å². The summed E-state index contributed by atoms with van der Waals surface area (Å²) < 4.78 is 11.0. The van der Waals surface area contributed by atoms with Gasteiger partial charge < -0.3 is 24.9 Å². The van der Waals surface area contributed by atoms with E-state index in [1.54, 1.807) is 18.2 Å². The number of hydrogen-bond acceptors (Lipinski definition) is 6. The topological polar surface area (TPSA) is 114 Å². The van der Waals surface area contributed by atoms with E-state index in [9.17, 15) is 14.7 Å². The number of hydrogen-bond donors (Lipinski definition) is 3. The fraction of sp³-hybridized carbons (Fsp3) is 0.350. The van der Waals surface area contributed by atoms with Crippen LogP contribution in [0.15, 0.2) is 41.1 Å². The van der Waals surface area contributed by atoms with Gasteiger partial charge in [-0.3, -0.25) is 9.59 Å². The number of oxazole rings is 1. The van der Waals surface area contributed by atoms with Gasteiger partial charge in [0.25, 0.3) is 11.8 Å². The normalized spacial score (nSPS) is 17.8. The second-order valence-electron chi connectivity index (χ2n) is 6.61. The van der Waals surface area contributed by atoms with Gasteiger partial charge in [-0.15, -0.1) is 0 Å². The van der Waals surface area contributed by atoms with Gasteiger partial charge in [0.1, 0.15) is 5.75 Å². The number of carbonyl (C=O) groups excluding carboxylic acids is 2. The highest BCUT2D eigenvalue weighted by Crippen LogP contribution is 2.36. The maximum Gasteiger partial charge on any atom is 0.288 e. The number of rotatable bonds is 7. The standard InChI is InChI=1S/C20H22ClN3O5/c1-3-18-23-10-17(29-18)19(26)22-7-6-11(2)24-20(27)16-9-14(25)13-8-12(21)4-5-15(13)28-16/h4-5,8,10,14,16,25H,2-3,6-7,9H2,1H3,(H,22,26)(H,24,27)/t14-,16-/m1/s1. The molecule has 0 unspecified atom stereocenters. The van der Waals surface area contributed by atoms with Crippen LogP contribution in [0.4, 0.5) is 0 Å². The summed E-state index contributed by atoms with van der Waals surface area (Å²) in [5.41, 5.74) is 0.976. The van der Waals surface area contributed by atoms with Gasteiger partial charge in [-0.25, -0.2) is 4.98 Å². The van der Waals surface area contributed by atoms with E-state index < -0.39 is 18.1 Å². The molecule has 1 aliphatic rings. The van der Waals surface area contributed by atoms with E-state index in [1.165, 1.54) is 6.20 Å². The predicted molar refractivity (Wildman–Crippen MR) is 106 cm³/mol. The molecule has 154 valence electrons. The first-order valence-electron chi connectivity index (χ1n) is 9.23. The van der Waals surface area contributed by atoms with Gasteiger partial charge in [-0.05, 0) is 18.2 Å². The number of amides is 2. The highest BCUT2D eigenvalue weighted by atomic mass is 35.5. The Morgan fingerprint density at radius 1 is 1.41 bits per heavy atom. The van der Waals surface area contributed by atoms with Gasteiger partial charge in [-0.2, -0.15) is 0 Å². The summed E-state index contributed by atoms with van der Waals surface area (Å²) in [6, 6.07) is 4.88. The van der Waals surface area contributed by atoms with Crippen LogP contribution in [-0.4, -0.2) is 34.6 Å². The molecule has 8 nitrogen and oxygen atoms in total. The molecule has 2 atom stereocenters. The number of halogens is 1. The Bertz CT molecular complexity index is 927. The molecule has 2 amide bonds. The Balaban J connectivity index is 1.46. The lowest BCUT2D eigenvalue weighted by Gasteiger charge is -2.29. The van der Waals surface area contributed by atoms with Crippen molar-refractivity contribution in [3.8, 4) is 5.75 Å². The number of ether oxygens (including phenoxy) is 1. The molecule has 2 heterocycles. The SMILES string of the molecule is C=C(CCNC(=O)c1cnc(CC)o1)NC(=O)[C@H]1C[C@@H](O)c2cc(Cl)ccc2O1. The lowest BCUT2D eigenvalue weighted by atomic mass is 9.98. The Hall–Kier alpha value is -2.84. The number of benzene rings is 1. The maximum atomic E-state index is 12.4. The lowest BCUT2D eigenvalue weighted by molar-refractivity contribution is -0.129. The third-order valence-electron chi connectivity index (χ3n) is 4.42. The van der Waals surface area contributed by atoms with E-state index in [0.29, 0.717) is 40.8 Å². The average Bonchev–Trinajstić information content (AvgIpc) is 3.17. The van der Waals surface area contributed by atoms with Crippen molar-refractivity contribution in [3.63, 3.8) is 0 Å². The molecule has 1 aliphatic heterocycles. The van der Waals surface area contributed by atoms with Crippen molar-refractivity contribution in [2.45, 2.75) is 38.4 Å². The molecule has 1 aromatic heterocycles. The van der Waals surface area contributed by atoms with E-state index in [1.807, 2.05) is 6.92 Å². The minimum absolute atomic E-state index is 0.106. The number of fused-ring (bicyclic) bond motifs is 1. The highest BCUT2D eigenvalue weighted by Gasteiger charge is 2.32. The van der Waals surface area contributed by atoms with Crippen molar-refractivity contribution in [1.82, 2.24) is 15.6 Å². The molecule has 3 rings (SSSR count). The lowest BCUT2D eigenvalue weighted by Crippen LogP contribution is -2.41. The van der Waals surface area contributed by atoms with Crippen LogP contribution in [0.1, 0.15) is 47.9 Å². The van der Waals surface area contributed by atoms with Crippen LogP contribution in [-0.2, 0) is 11.2 Å². The molecule has 2 aromatic rings.